The highest BCUT2D eigenvalue weighted by atomic mass is 32.2. The fraction of sp³-hybridized carbons (Fsp3) is 0.300. The minimum Gasteiger partial charge on any atom is -0.377 e. The Bertz CT molecular complexity index is 1120. The Balaban J connectivity index is 1.56. The fourth-order valence-corrected chi connectivity index (χ4v) is 6.41. The van der Waals surface area contributed by atoms with Crippen LogP contribution in [0.15, 0.2) is 45.1 Å². The van der Waals surface area contributed by atoms with Crippen molar-refractivity contribution in [3.63, 3.8) is 0 Å². The normalized spacial score (nSPS) is 14.2. The van der Waals surface area contributed by atoms with Crippen molar-refractivity contribution in [2.24, 2.45) is 0 Å². The molecule has 9 heteroatoms. The number of ether oxygens (including phenoxy) is 1. The summed E-state index contributed by atoms with van der Waals surface area (Å²) in [6.45, 7) is 2.52. The molecule has 6 nitrogen and oxygen atoms in total. The molecule has 3 aromatic heterocycles. The van der Waals surface area contributed by atoms with Crippen LogP contribution in [-0.4, -0.2) is 40.4 Å². The van der Waals surface area contributed by atoms with Gasteiger partial charge < -0.3 is 9.64 Å². The van der Waals surface area contributed by atoms with Crippen LogP contribution >= 0.6 is 34.4 Å². The summed E-state index contributed by atoms with van der Waals surface area (Å²) in [6.07, 6.45) is 2.45. The first-order valence-corrected chi connectivity index (χ1v) is 11.9. The predicted octanol–water partition coefficient (Wildman–Crippen LogP) is 5.11. The summed E-state index contributed by atoms with van der Waals surface area (Å²) < 4.78 is 6.19. The lowest BCUT2D eigenvalue weighted by Crippen LogP contribution is -2.17. The Kier molecular flexibility index (Phi) is 5.45. The number of methoxy groups -OCH3 is 1. The van der Waals surface area contributed by atoms with Crippen molar-refractivity contribution in [3.8, 4) is 11.1 Å². The summed E-state index contributed by atoms with van der Waals surface area (Å²) in [4.78, 5) is 12.8. The zero-order valence-corrected chi connectivity index (χ0v) is 18.3. The molecule has 1 fully saturated rings. The average molecular weight is 442 g/mol. The van der Waals surface area contributed by atoms with Crippen molar-refractivity contribution < 1.29 is 4.74 Å². The molecule has 4 heterocycles. The lowest BCUT2D eigenvalue weighted by molar-refractivity contribution is 0.177. The van der Waals surface area contributed by atoms with Crippen LogP contribution in [0.3, 0.4) is 0 Å². The molecule has 0 atom stereocenters. The molecule has 29 heavy (non-hydrogen) atoms. The van der Waals surface area contributed by atoms with Gasteiger partial charge in [-0.05, 0) is 30.2 Å². The van der Waals surface area contributed by atoms with E-state index in [0.717, 1.165) is 43.4 Å². The largest absolute Gasteiger partial charge is 0.377 e. The summed E-state index contributed by atoms with van der Waals surface area (Å²) in [7, 11) is 1.66. The number of rotatable bonds is 6. The maximum absolute atomic E-state index is 5.28. The molecule has 1 saturated heterocycles. The van der Waals surface area contributed by atoms with Crippen LogP contribution in [0.25, 0.3) is 21.3 Å². The van der Waals surface area contributed by atoms with Crippen molar-refractivity contribution >= 4 is 49.8 Å². The van der Waals surface area contributed by atoms with Gasteiger partial charge in [0.25, 0.3) is 0 Å². The van der Waals surface area contributed by atoms with Crippen LogP contribution in [0.4, 0.5) is 5.13 Å². The monoisotopic (exact) mass is 441 g/mol. The van der Waals surface area contributed by atoms with E-state index in [4.69, 9.17) is 14.7 Å². The molecule has 0 bridgehead atoms. The molecule has 148 valence electrons. The van der Waals surface area contributed by atoms with Crippen molar-refractivity contribution in [2.75, 3.05) is 25.1 Å². The van der Waals surface area contributed by atoms with Gasteiger partial charge in [-0.15, -0.1) is 21.5 Å². The molecular weight excluding hydrogens is 422 g/mol. The Morgan fingerprint density at radius 3 is 2.72 bits per heavy atom. The molecule has 1 aliphatic rings. The van der Waals surface area contributed by atoms with Gasteiger partial charge in [0.2, 0.25) is 5.13 Å². The van der Waals surface area contributed by atoms with Gasteiger partial charge >= 0.3 is 0 Å². The molecule has 0 spiro atoms. The molecule has 1 aliphatic heterocycles. The molecule has 0 N–H and O–H groups in total. The Hall–Kier alpha value is -2.07. The standard InChI is InChI=1S/C20H19N5OS3/c1-26-11-15-21-17-16(14(12-27-17)13-7-3-2-4-8-13)18(22-15)28-20-24-23-19(29-20)25-9-5-6-10-25/h2-4,7-8,12H,5-6,9-11H2,1H3. The summed E-state index contributed by atoms with van der Waals surface area (Å²) in [5.41, 5.74) is 2.32. The smallest absolute Gasteiger partial charge is 0.209 e. The third-order valence-corrected chi connectivity index (χ3v) is 7.66. The van der Waals surface area contributed by atoms with Gasteiger partial charge in [-0.25, -0.2) is 9.97 Å². The summed E-state index contributed by atoms with van der Waals surface area (Å²) >= 11 is 4.84. The van der Waals surface area contributed by atoms with E-state index in [1.807, 2.05) is 6.07 Å². The second-order valence-corrected chi connectivity index (χ2v) is 9.77. The first-order chi connectivity index (χ1) is 14.3. The molecule has 1 aromatic carbocycles. The van der Waals surface area contributed by atoms with E-state index in [9.17, 15) is 0 Å². The number of hydrogen-bond donors (Lipinski definition) is 0. The molecule has 0 unspecified atom stereocenters. The van der Waals surface area contributed by atoms with Crippen molar-refractivity contribution in [2.45, 2.75) is 28.8 Å². The molecule has 0 amide bonds. The highest BCUT2D eigenvalue weighted by Crippen LogP contribution is 2.42. The van der Waals surface area contributed by atoms with E-state index in [1.165, 1.54) is 18.4 Å². The van der Waals surface area contributed by atoms with Crippen molar-refractivity contribution in [3.05, 3.63) is 41.5 Å². The second kappa shape index (κ2) is 8.35. The van der Waals surface area contributed by atoms with Crippen molar-refractivity contribution in [1.29, 1.82) is 0 Å². The lowest BCUT2D eigenvalue weighted by Gasteiger charge is -2.11. The van der Waals surface area contributed by atoms with Crippen LogP contribution in [0.5, 0.6) is 0 Å². The fourth-order valence-electron chi connectivity index (χ4n) is 3.41. The topological polar surface area (TPSA) is 64.0 Å². The quantitative estimate of drug-likeness (QED) is 0.385. The SMILES string of the molecule is COCc1nc(Sc2nnc(N3CCCC3)s2)c2c(-c3ccccc3)csc2n1. The lowest BCUT2D eigenvalue weighted by atomic mass is 10.1. The van der Waals surface area contributed by atoms with Crippen LogP contribution < -0.4 is 4.90 Å². The van der Waals surface area contributed by atoms with Gasteiger partial charge in [-0.2, -0.15) is 0 Å². The van der Waals surface area contributed by atoms with E-state index < -0.39 is 0 Å². The summed E-state index contributed by atoms with van der Waals surface area (Å²) in [6, 6.07) is 10.4. The van der Waals surface area contributed by atoms with Crippen LogP contribution in [0.2, 0.25) is 0 Å². The third kappa shape index (κ3) is 3.87. The number of fused-ring (bicyclic) bond motifs is 1. The van der Waals surface area contributed by atoms with E-state index in [-0.39, 0.29) is 0 Å². The zero-order valence-electron chi connectivity index (χ0n) is 15.9. The Morgan fingerprint density at radius 2 is 1.93 bits per heavy atom. The number of thiophene rings is 1. The third-order valence-electron chi connectivity index (χ3n) is 4.76. The van der Waals surface area contributed by atoms with Gasteiger partial charge in [-0.3, -0.25) is 0 Å². The number of hydrogen-bond acceptors (Lipinski definition) is 9. The number of nitrogens with zero attached hydrogens (tertiary/aromatic N) is 5. The van der Waals surface area contributed by atoms with E-state index >= 15 is 0 Å². The highest BCUT2D eigenvalue weighted by molar-refractivity contribution is 8.01. The van der Waals surface area contributed by atoms with E-state index in [0.29, 0.717) is 12.4 Å². The van der Waals surface area contributed by atoms with Gasteiger partial charge in [0.1, 0.15) is 16.5 Å². The first-order valence-electron chi connectivity index (χ1n) is 9.40. The van der Waals surface area contributed by atoms with Crippen LogP contribution in [0.1, 0.15) is 18.7 Å². The van der Waals surface area contributed by atoms with Gasteiger partial charge in [0.05, 0.1) is 5.39 Å². The van der Waals surface area contributed by atoms with E-state index in [1.54, 1.807) is 41.5 Å². The summed E-state index contributed by atoms with van der Waals surface area (Å²) in [5.74, 6) is 0.688. The average Bonchev–Trinajstić information content (AvgIpc) is 3.49. The molecule has 5 rings (SSSR count). The zero-order chi connectivity index (χ0) is 19.6. The van der Waals surface area contributed by atoms with Crippen LogP contribution in [0, 0.1) is 0 Å². The Labute approximate surface area is 181 Å². The van der Waals surface area contributed by atoms with E-state index in [2.05, 4.69) is 44.7 Å². The minimum atomic E-state index is 0.386. The number of benzene rings is 1. The number of anilines is 1. The molecule has 4 aromatic rings. The highest BCUT2D eigenvalue weighted by Gasteiger charge is 2.20. The minimum absolute atomic E-state index is 0.386. The molecule has 0 radical (unpaired) electrons. The Morgan fingerprint density at radius 1 is 1.10 bits per heavy atom. The first kappa shape index (κ1) is 18.9. The van der Waals surface area contributed by atoms with Gasteiger partial charge in [0, 0.05) is 31.1 Å². The second-order valence-electron chi connectivity index (χ2n) is 6.72. The van der Waals surface area contributed by atoms with Crippen molar-refractivity contribution in [1.82, 2.24) is 20.2 Å². The molecule has 0 saturated carbocycles. The molecule has 0 aliphatic carbocycles. The summed E-state index contributed by atoms with van der Waals surface area (Å²) in [5, 5.41) is 14.0. The van der Waals surface area contributed by atoms with Gasteiger partial charge in [0.15, 0.2) is 10.2 Å². The van der Waals surface area contributed by atoms with Gasteiger partial charge in [-0.1, -0.05) is 41.7 Å². The number of aromatic nitrogens is 4. The predicted molar refractivity (Wildman–Crippen MR) is 119 cm³/mol. The maximum atomic E-state index is 5.28. The maximum Gasteiger partial charge on any atom is 0.209 e. The molecular formula is C20H19N5OS3. The van der Waals surface area contributed by atoms with Crippen LogP contribution in [-0.2, 0) is 11.3 Å².